The number of carbonyl (C=O) groups is 1. The molecule has 2 aliphatic rings. The van der Waals surface area contributed by atoms with Crippen LogP contribution in [0.2, 0.25) is 0 Å². The van der Waals surface area contributed by atoms with Crippen molar-refractivity contribution >= 4 is 28.6 Å². The summed E-state index contributed by atoms with van der Waals surface area (Å²) < 4.78 is 12.5. The molecule has 2 aromatic heterocycles. The molecule has 1 amide bonds. The first-order valence-corrected chi connectivity index (χ1v) is 11.0. The van der Waals surface area contributed by atoms with Gasteiger partial charge in [0.1, 0.15) is 30.1 Å². The lowest BCUT2D eigenvalue weighted by molar-refractivity contribution is -0.384. The van der Waals surface area contributed by atoms with Gasteiger partial charge in [-0.05, 0) is 30.9 Å². The highest BCUT2D eigenvalue weighted by molar-refractivity contribution is 5.83. The second-order valence-corrected chi connectivity index (χ2v) is 8.31. The standard InChI is InChI=1S/C22H21N7O7/c23-19-15-20(27-14(26-19)2-1-9-35-13-7-5-12(6-8-13)29(33)34)28(10-24-15)22-17(31)16(30)18(36-22)21(32)25-11-3-4-11/h5-8,10-11,16-18,22,30-31H,3-4,9H2,(H,25,32)(H2,23,26,27). The number of nitrogens with two attached hydrogens (primary N) is 1. The normalized spacial score (nSPS) is 23.2. The fraction of sp³-hybridized carbons (Fsp3) is 0.364. The van der Waals surface area contributed by atoms with Crippen LogP contribution in [-0.4, -0.2) is 71.5 Å². The summed E-state index contributed by atoms with van der Waals surface area (Å²) in [5.41, 5.74) is 6.38. The van der Waals surface area contributed by atoms with Crippen LogP contribution in [0, 0.1) is 22.0 Å². The molecule has 5 N–H and O–H groups in total. The zero-order valence-electron chi connectivity index (χ0n) is 18.6. The Morgan fingerprint density at radius 2 is 2.03 bits per heavy atom. The van der Waals surface area contributed by atoms with Gasteiger partial charge in [0.05, 0.1) is 11.3 Å². The molecular weight excluding hydrogens is 474 g/mol. The summed E-state index contributed by atoms with van der Waals surface area (Å²) in [6, 6.07) is 5.62. The van der Waals surface area contributed by atoms with Crippen molar-refractivity contribution in [2.75, 3.05) is 12.3 Å². The van der Waals surface area contributed by atoms with Crippen LogP contribution in [0.4, 0.5) is 11.5 Å². The molecule has 2 fully saturated rings. The highest BCUT2D eigenvalue weighted by atomic mass is 16.6. The van der Waals surface area contributed by atoms with E-state index in [9.17, 15) is 25.1 Å². The molecule has 1 aliphatic heterocycles. The molecule has 4 unspecified atom stereocenters. The Morgan fingerprint density at radius 3 is 2.72 bits per heavy atom. The molecule has 1 aromatic carbocycles. The number of hydrogen-bond donors (Lipinski definition) is 4. The number of carbonyl (C=O) groups excluding carboxylic acids is 1. The van der Waals surface area contributed by atoms with Crippen LogP contribution in [0.3, 0.4) is 0 Å². The monoisotopic (exact) mass is 495 g/mol. The van der Waals surface area contributed by atoms with E-state index in [2.05, 4.69) is 32.1 Å². The van der Waals surface area contributed by atoms with Crippen LogP contribution in [0.1, 0.15) is 24.9 Å². The summed E-state index contributed by atoms with van der Waals surface area (Å²) in [6.07, 6.45) is -2.19. The van der Waals surface area contributed by atoms with Crippen molar-refractivity contribution < 1.29 is 29.4 Å². The molecular formula is C22H21N7O7. The van der Waals surface area contributed by atoms with E-state index in [1.54, 1.807) is 0 Å². The van der Waals surface area contributed by atoms with E-state index < -0.39 is 35.4 Å². The number of non-ortho nitro benzene ring substituents is 1. The van der Waals surface area contributed by atoms with Gasteiger partial charge in [-0.15, -0.1) is 0 Å². The SMILES string of the molecule is Nc1nc(C#CCOc2ccc([N+](=O)[O-])cc2)nc2c1ncn2C1OC(C(=O)NC2CC2)C(O)C1O. The molecule has 5 rings (SSSR count). The van der Waals surface area contributed by atoms with E-state index in [1.807, 2.05) is 0 Å². The summed E-state index contributed by atoms with van der Waals surface area (Å²) in [7, 11) is 0. The summed E-state index contributed by atoms with van der Waals surface area (Å²) >= 11 is 0. The number of nitro benzene ring substituents is 1. The molecule has 0 bridgehead atoms. The lowest BCUT2D eigenvalue weighted by atomic mass is 10.1. The van der Waals surface area contributed by atoms with Crippen molar-refractivity contribution in [3.63, 3.8) is 0 Å². The Bertz CT molecular complexity index is 1380. The van der Waals surface area contributed by atoms with Gasteiger partial charge in [0.2, 0.25) is 5.82 Å². The molecule has 1 saturated heterocycles. The zero-order valence-corrected chi connectivity index (χ0v) is 18.6. The summed E-state index contributed by atoms with van der Waals surface area (Å²) in [5, 5.41) is 34.4. The Morgan fingerprint density at radius 1 is 1.28 bits per heavy atom. The predicted molar refractivity (Wildman–Crippen MR) is 122 cm³/mol. The molecule has 3 heterocycles. The van der Waals surface area contributed by atoms with Gasteiger partial charge in [-0.3, -0.25) is 19.5 Å². The lowest BCUT2D eigenvalue weighted by Crippen LogP contribution is -2.43. The number of hydrogen-bond acceptors (Lipinski definition) is 11. The van der Waals surface area contributed by atoms with Crippen LogP contribution in [0.15, 0.2) is 30.6 Å². The number of aliphatic hydroxyl groups excluding tert-OH is 2. The number of nitrogens with zero attached hydrogens (tertiary/aromatic N) is 5. The van der Waals surface area contributed by atoms with Crippen LogP contribution in [0.25, 0.3) is 11.2 Å². The zero-order chi connectivity index (χ0) is 25.4. The van der Waals surface area contributed by atoms with Crippen molar-refractivity contribution in [3.8, 4) is 17.6 Å². The minimum atomic E-state index is -1.44. The van der Waals surface area contributed by atoms with Crippen LogP contribution >= 0.6 is 0 Å². The second kappa shape index (κ2) is 9.38. The van der Waals surface area contributed by atoms with E-state index in [4.69, 9.17) is 15.2 Å². The van der Waals surface area contributed by atoms with Gasteiger partial charge in [0.25, 0.3) is 11.6 Å². The Hall–Kier alpha value is -4.32. The number of rotatable bonds is 6. The second-order valence-electron chi connectivity index (χ2n) is 8.31. The van der Waals surface area contributed by atoms with Crippen molar-refractivity contribution in [2.45, 2.75) is 43.4 Å². The van der Waals surface area contributed by atoms with Crippen molar-refractivity contribution in [2.24, 2.45) is 0 Å². The van der Waals surface area contributed by atoms with E-state index in [1.165, 1.54) is 35.2 Å². The molecule has 0 radical (unpaired) electrons. The fourth-order valence-corrected chi connectivity index (χ4v) is 3.70. The van der Waals surface area contributed by atoms with Gasteiger partial charge in [-0.25, -0.2) is 15.0 Å². The third kappa shape index (κ3) is 4.62. The van der Waals surface area contributed by atoms with Crippen molar-refractivity contribution in [3.05, 3.63) is 46.5 Å². The van der Waals surface area contributed by atoms with Gasteiger partial charge < -0.3 is 30.7 Å². The van der Waals surface area contributed by atoms with Gasteiger partial charge in [0.15, 0.2) is 23.8 Å². The first kappa shape index (κ1) is 23.4. The number of ether oxygens (including phenoxy) is 2. The summed E-state index contributed by atoms with van der Waals surface area (Å²) in [5.74, 6) is 5.44. The fourth-order valence-electron chi connectivity index (χ4n) is 3.70. The van der Waals surface area contributed by atoms with Gasteiger partial charge in [-0.2, -0.15) is 0 Å². The quantitative estimate of drug-likeness (QED) is 0.198. The lowest BCUT2D eigenvalue weighted by Gasteiger charge is -2.16. The number of nitro groups is 1. The molecule has 14 heteroatoms. The number of imidazole rings is 1. The highest BCUT2D eigenvalue weighted by Crippen LogP contribution is 2.33. The first-order valence-electron chi connectivity index (χ1n) is 11.0. The smallest absolute Gasteiger partial charge is 0.269 e. The number of benzene rings is 1. The van der Waals surface area contributed by atoms with Crippen LogP contribution < -0.4 is 15.8 Å². The summed E-state index contributed by atoms with van der Waals surface area (Å²) in [4.78, 5) is 35.2. The van der Waals surface area contributed by atoms with Gasteiger partial charge in [-0.1, -0.05) is 5.92 Å². The Labute approximate surface area is 203 Å². The van der Waals surface area contributed by atoms with E-state index >= 15 is 0 Å². The number of aromatic nitrogens is 4. The first-order chi connectivity index (χ1) is 17.3. The maximum absolute atomic E-state index is 12.4. The minimum Gasteiger partial charge on any atom is -0.481 e. The average Bonchev–Trinajstić information content (AvgIpc) is 3.49. The van der Waals surface area contributed by atoms with Crippen LogP contribution in [-0.2, 0) is 9.53 Å². The molecule has 4 atom stereocenters. The van der Waals surface area contributed by atoms with E-state index in [0.717, 1.165) is 12.8 Å². The maximum atomic E-state index is 12.4. The third-order valence-corrected chi connectivity index (χ3v) is 5.70. The molecule has 3 aromatic rings. The third-order valence-electron chi connectivity index (χ3n) is 5.70. The maximum Gasteiger partial charge on any atom is 0.269 e. The highest BCUT2D eigenvalue weighted by Gasteiger charge is 2.48. The minimum absolute atomic E-state index is 0.0374. The molecule has 14 nitrogen and oxygen atoms in total. The molecule has 36 heavy (non-hydrogen) atoms. The van der Waals surface area contributed by atoms with Crippen molar-refractivity contribution in [1.82, 2.24) is 24.8 Å². The number of anilines is 1. The number of aliphatic hydroxyl groups is 2. The number of fused-ring (bicyclic) bond motifs is 1. The summed E-state index contributed by atoms with van der Waals surface area (Å²) in [6.45, 7) is -0.0488. The number of amides is 1. The molecule has 1 saturated carbocycles. The topological polar surface area (TPSA) is 201 Å². The number of nitrogen functional groups attached to an aromatic ring is 1. The number of nitrogens with one attached hydrogen (secondary N) is 1. The van der Waals surface area contributed by atoms with Crippen LogP contribution in [0.5, 0.6) is 5.75 Å². The van der Waals surface area contributed by atoms with E-state index in [-0.39, 0.29) is 41.1 Å². The Kier molecular flexibility index (Phi) is 6.10. The Balaban J connectivity index is 1.32. The molecule has 1 aliphatic carbocycles. The largest absolute Gasteiger partial charge is 0.481 e. The van der Waals surface area contributed by atoms with Gasteiger partial charge >= 0.3 is 0 Å². The molecule has 0 spiro atoms. The molecule has 186 valence electrons. The predicted octanol–water partition coefficient (Wildman–Crippen LogP) is -0.355. The van der Waals surface area contributed by atoms with Gasteiger partial charge in [0, 0.05) is 18.2 Å². The average molecular weight is 495 g/mol. The van der Waals surface area contributed by atoms with Crippen molar-refractivity contribution in [1.29, 1.82) is 0 Å². The van der Waals surface area contributed by atoms with E-state index in [0.29, 0.717) is 5.75 Å².